The van der Waals surface area contributed by atoms with Gasteiger partial charge in [-0.05, 0) is 75.9 Å². The number of aromatic nitrogens is 1. The number of amides is 1. The average molecular weight is 393 g/mol. The van der Waals surface area contributed by atoms with Gasteiger partial charge in [-0.2, -0.15) is 0 Å². The summed E-state index contributed by atoms with van der Waals surface area (Å²) in [6.07, 6.45) is 0.461. The molecule has 0 unspecified atom stereocenters. The first kappa shape index (κ1) is 20.4. The molecule has 0 aliphatic carbocycles. The Kier molecular flexibility index (Phi) is 6.09. The zero-order chi connectivity index (χ0) is 20.4. The lowest BCUT2D eigenvalue weighted by molar-refractivity contribution is -0.115. The van der Waals surface area contributed by atoms with Gasteiger partial charge >= 0.3 is 0 Å². The molecule has 3 nitrogen and oxygen atoms in total. The number of anilines is 1. The number of carbonyl (C=O) groups is 1. The maximum absolute atomic E-state index is 12.4. The summed E-state index contributed by atoms with van der Waals surface area (Å²) in [5.74, 6) is 0.755. The number of aryl methyl sites for hydroxylation is 6. The second kappa shape index (κ2) is 8.36. The Hall–Kier alpha value is -2.33. The van der Waals surface area contributed by atoms with Gasteiger partial charge in [0.1, 0.15) is 0 Å². The average Bonchev–Trinajstić information content (AvgIpc) is 2.59. The summed E-state index contributed by atoms with van der Waals surface area (Å²) >= 11 is 1.64. The maximum atomic E-state index is 12.4. The van der Waals surface area contributed by atoms with Crippen LogP contribution in [0.1, 0.15) is 39.8 Å². The van der Waals surface area contributed by atoms with Crippen LogP contribution in [0.4, 0.5) is 5.69 Å². The molecule has 0 saturated heterocycles. The van der Waals surface area contributed by atoms with E-state index >= 15 is 0 Å². The Bertz CT molecular complexity index is 1030. The molecule has 0 aliphatic heterocycles. The fraction of sp³-hybridized carbons (Fsp3) is 0.333. The van der Waals surface area contributed by atoms with E-state index in [4.69, 9.17) is 4.98 Å². The maximum Gasteiger partial charge on any atom is 0.225 e. The van der Waals surface area contributed by atoms with Gasteiger partial charge in [-0.3, -0.25) is 4.79 Å². The Morgan fingerprint density at radius 1 is 0.857 bits per heavy atom. The highest BCUT2D eigenvalue weighted by Gasteiger charge is 2.10. The molecule has 0 spiro atoms. The fourth-order valence-corrected chi connectivity index (χ4v) is 4.63. The van der Waals surface area contributed by atoms with E-state index < -0.39 is 0 Å². The first-order valence-corrected chi connectivity index (χ1v) is 10.6. The normalized spacial score (nSPS) is 11.1. The topological polar surface area (TPSA) is 42.0 Å². The van der Waals surface area contributed by atoms with Gasteiger partial charge in [0.05, 0.1) is 10.5 Å². The summed E-state index contributed by atoms with van der Waals surface area (Å²) in [5, 5.41) is 5.27. The standard InChI is InChI=1S/C24H28N2OS/c1-14-9-17(4)23(18(5)10-14)25-21(27)7-8-28-22-13-16(3)20-12-15(2)11-19(6)24(20)26-22/h9-13H,7-8H2,1-6H3,(H,25,27). The smallest absolute Gasteiger partial charge is 0.225 e. The van der Waals surface area contributed by atoms with Crippen molar-refractivity contribution < 1.29 is 4.79 Å². The molecule has 1 heterocycles. The van der Waals surface area contributed by atoms with Gasteiger partial charge < -0.3 is 5.32 Å². The lowest BCUT2D eigenvalue weighted by Gasteiger charge is -2.13. The van der Waals surface area contributed by atoms with Crippen molar-refractivity contribution in [3.63, 3.8) is 0 Å². The summed E-state index contributed by atoms with van der Waals surface area (Å²) in [5.41, 5.74) is 9.11. The van der Waals surface area contributed by atoms with Crippen molar-refractivity contribution in [3.05, 3.63) is 63.7 Å². The highest BCUT2D eigenvalue weighted by Crippen LogP contribution is 2.27. The van der Waals surface area contributed by atoms with Crippen molar-refractivity contribution in [1.29, 1.82) is 0 Å². The highest BCUT2D eigenvalue weighted by atomic mass is 32.2. The van der Waals surface area contributed by atoms with Crippen molar-refractivity contribution in [2.75, 3.05) is 11.1 Å². The minimum absolute atomic E-state index is 0.0480. The van der Waals surface area contributed by atoms with Gasteiger partial charge in [-0.15, -0.1) is 11.8 Å². The van der Waals surface area contributed by atoms with Crippen molar-refractivity contribution in [2.45, 2.75) is 53.0 Å². The Morgan fingerprint density at radius 2 is 1.46 bits per heavy atom. The van der Waals surface area contributed by atoms with Crippen LogP contribution < -0.4 is 5.32 Å². The lowest BCUT2D eigenvalue weighted by atomic mass is 10.0. The quantitative estimate of drug-likeness (QED) is 0.525. The minimum Gasteiger partial charge on any atom is -0.326 e. The second-order valence-electron chi connectivity index (χ2n) is 7.68. The number of benzene rings is 2. The van der Waals surface area contributed by atoms with E-state index in [9.17, 15) is 4.79 Å². The van der Waals surface area contributed by atoms with Crippen molar-refractivity contribution in [2.24, 2.45) is 0 Å². The van der Waals surface area contributed by atoms with E-state index in [0.717, 1.165) is 27.4 Å². The third-order valence-corrected chi connectivity index (χ3v) is 5.87. The van der Waals surface area contributed by atoms with E-state index in [1.54, 1.807) is 11.8 Å². The van der Waals surface area contributed by atoms with Crippen molar-refractivity contribution >= 4 is 34.3 Å². The number of pyridine rings is 1. The molecule has 1 aromatic heterocycles. The molecule has 2 aromatic carbocycles. The SMILES string of the molecule is Cc1cc(C)c(NC(=O)CCSc2cc(C)c3cc(C)cc(C)c3n2)c(C)c1. The van der Waals surface area contributed by atoms with E-state index in [2.05, 4.69) is 63.3 Å². The van der Waals surface area contributed by atoms with Crippen LogP contribution in [0.25, 0.3) is 10.9 Å². The first-order chi connectivity index (χ1) is 13.2. The number of thioether (sulfide) groups is 1. The van der Waals surface area contributed by atoms with Crippen LogP contribution in [0.3, 0.4) is 0 Å². The monoisotopic (exact) mass is 392 g/mol. The molecule has 0 saturated carbocycles. The highest BCUT2D eigenvalue weighted by molar-refractivity contribution is 7.99. The third-order valence-electron chi connectivity index (χ3n) is 4.95. The number of nitrogens with one attached hydrogen (secondary N) is 1. The van der Waals surface area contributed by atoms with E-state index in [0.29, 0.717) is 12.2 Å². The number of rotatable bonds is 5. The van der Waals surface area contributed by atoms with Crippen LogP contribution in [-0.2, 0) is 4.79 Å². The number of fused-ring (bicyclic) bond motifs is 1. The van der Waals surface area contributed by atoms with Gasteiger partial charge in [0.25, 0.3) is 0 Å². The lowest BCUT2D eigenvalue weighted by Crippen LogP contribution is -2.14. The van der Waals surface area contributed by atoms with E-state index in [1.165, 1.54) is 27.6 Å². The van der Waals surface area contributed by atoms with Gasteiger partial charge in [0.15, 0.2) is 0 Å². The number of carbonyl (C=O) groups excluding carboxylic acids is 1. The molecular formula is C24H28N2OS. The summed E-state index contributed by atoms with van der Waals surface area (Å²) < 4.78 is 0. The molecule has 28 heavy (non-hydrogen) atoms. The summed E-state index contributed by atoms with van der Waals surface area (Å²) in [6.45, 7) is 12.5. The molecule has 0 bridgehead atoms. The van der Waals surface area contributed by atoms with Crippen molar-refractivity contribution in [3.8, 4) is 0 Å². The molecule has 0 fully saturated rings. The largest absolute Gasteiger partial charge is 0.326 e. The molecule has 3 aromatic rings. The Balaban J connectivity index is 1.66. The first-order valence-electron chi connectivity index (χ1n) is 9.63. The summed E-state index contributed by atoms with van der Waals surface area (Å²) in [6, 6.07) is 10.7. The zero-order valence-corrected chi connectivity index (χ0v) is 18.4. The molecule has 0 atom stereocenters. The van der Waals surface area contributed by atoms with Crippen LogP contribution in [0, 0.1) is 41.5 Å². The van der Waals surface area contributed by atoms with Crippen LogP contribution in [-0.4, -0.2) is 16.6 Å². The van der Waals surface area contributed by atoms with Gasteiger partial charge in [0, 0.05) is 23.2 Å². The van der Waals surface area contributed by atoms with Gasteiger partial charge in [-0.1, -0.05) is 29.3 Å². The minimum atomic E-state index is 0.0480. The fourth-order valence-electron chi connectivity index (χ4n) is 3.72. The summed E-state index contributed by atoms with van der Waals surface area (Å²) in [7, 11) is 0. The number of hydrogen-bond acceptors (Lipinski definition) is 3. The van der Waals surface area contributed by atoms with Crippen LogP contribution in [0.5, 0.6) is 0 Å². The molecule has 4 heteroatoms. The van der Waals surface area contributed by atoms with Crippen molar-refractivity contribution in [1.82, 2.24) is 4.98 Å². The molecule has 1 N–H and O–H groups in total. The second-order valence-corrected chi connectivity index (χ2v) is 8.79. The van der Waals surface area contributed by atoms with E-state index in [-0.39, 0.29) is 5.91 Å². The Labute approximate surface area is 172 Å². The molecule has 3 rings (SSSR count). The van der Waals surface area contributed by atoms with Crippen LogP contribution >= 0.6 is 11.8 Å². The summed E-state index contributed by atoms with van der Waals surface area (Å²) in [4.78, 5) is 17.2. The Morgan fingerprint density at radius 3 is 2.14 bits per heavy atom. The van der Waals surface area contributed by atoms with Gasteiger partial charge in [0.2, 0.25) is 5.91 Å². The van der Waals surface area contributed by atoms with Crippen LogP contribution in [0.2, 0.25) is 0 Å². The molecule has 146 valence electrons. The molecule has 0 aliphatic rings. The predicted octanol–water partition coefficient (Wildman–Crippen LogP) is 6.21. The van der Waals surface area contributed by atoms with E-state index in [1.807, 2.05) is 13.8 Å². The van der Waals surface area contributed by atoms with Gasteiger partial charge in [-0.25, -0.2) is 4.98 Å². The molecule has 1 amide bonds. The number of nitrogens with zero attached hydrogens (tertiary/aromatic N) is 1. The molecule has 0 radical (unpaired) electrons. The number of hydrogen-bond donors (Lipinski definition) is 1. The third kappa shape index (κ3) is 4.56. The zero-order valence-electron chi connectivity index (χ0n) is 17.6. The predicted molar refractivity (Wildman–Crippen MR) is 121 cm³/mol. The van der Waals surface area contributed by atoms with Crippen LogP contribution in [0.15, 0.2) is 35.4 Å². The molecular weight excluding hydrogens is 364 g/mol.